The second-order valence-corrected chi connectivity index (χ2v) is 8.35. The van der Waals surface area contributed by atoms with Crippen molar-refractivity contribution in [1.82, 2.24) is 15.0 Å². The Hall–Kier alpha value is -3.58. The van der Waals surface area contributed by atoms with Crippen molar-refractivity contribution >= 4 is 33.7 Å². The number of hydrogen-bond donors (Lipinski definition) is 1. The lowest BCUT2D eigenvalue weighted by atomic mass is 10.0. The summed E-state index contributed by atoms with van der Waals surface area (Å²) < 4.78 is 1.31. The fraction of sp³-hybridized carbons (Fsp3) is 0.167. The molecule has 0 spiro atoms. The van der Waals surface area contributed by atoms with Crippen LogP contribution in [0.4, 0.5) is 0 Å². The zero-order chi connectivity index (χ0) is 21.8. The summed E-state index contributed by atoms with van der Waals surface area (Å²) in [4.78, 5) is 30.3. The number of rotatable bonds is 6. The van der Waals surface area contributed by atoms with Crippen LogP contribution >= 0.6 is 11.3 Å². The maximum absolute atomic E-state index is 13.0. The molecule has 2 heterocycles. The molecule has 0 radical (unpaired) electrons. The number of aromatic nitrogens is 2. The molecule has 6 nitrogen and oxygen atoms in total. The third kappa shape index (κ3) is 4.62. The predicted octanol–water partition coefficient (Wildman–Crippen LogP) is 4.40. The van der Waals surface area contributed by atoms with Crippen LogP contribution in [0.1, 0.15) is 30.9 Å². The van der Waals surface area contributed by atoms with Gasteiger partial charge in [0.15, 0.2) is 0 Å². The van der Waals surface area contributed by atoms with Gasteiger partial charge >= 0.3 is 0 Å². The number of nitrogens with one attached hydrogen (secondary N) is 1. The molecule has 2 aromatic heterocycles. The van der Waals surface area contributed by atoms with Crippen molar-refractivity contribution in [1.29, 1.82) is 0 Å². The molecule has 156 valence electrons. The number of hydrazone groups is 1. The molecule has 4 rings (SSSR count). The molecule has 0 aliphatic heterocycles. The number of carbonyl (C=O) groups excluding carboxylic acids is 1. The molecule has 0 bridgehead atoms. The van der Waals surface area contributed by atoms with Crippen LogP contribution in [0.3, 0.4) is 0 Å². The molecular formula is C24H22N4O2S. The molecule has 0 atom stereocenters. The quantitative estimate of drug-likeness (QED) is 0.364. The molecule has 0 unspecified atom stereocenters. The molecule has 31 heavy (non-hydrogen) atoms. The van der Waals surface area contributed by atoms with Crippen LogP contribution < -0.4 is 11.0 Å². The minimum absolute atomic E-state index is 0.157. The largest absolute Gasteiger partial charge is 0.289 e. The Morgan fingerprint density at radius 1 is 1.16 bits per heavy atom. The highest BCUT2D eigenvalue weighted by atomic mass is 32.1. The lowest BCUT2D eigenvalue weighted by Gasteiger charge is -2.06. The van der Waals surface area contributed by atoms with Crippen LogP contribution in [-0.2, 0) is 11.3 Å². The summed E-state index contributed by atoms with van der Waals surface area (Å²) in [5.41, 5.74) is 6.14. The lowest BCUT2D eigenvalue weighted by molar-refractivity contribution is -0.121. The highest BCUT2D eigenvalue weighted by Gasteiger charge is 2.14. The first-order valence-corrected chi connectivity index (χ1v) is 10.8. The van der Waals surface area contributed by atoms with Gasteiger partial charge in [0.05, 0.1) is 17.9 Å². The van der Waals surface area contributed by atoms with Crippen LogP contribution in [0.2, 0.25) is 0 Å². The average Bonchev–Trinajstić information content (AvgIpc) is 3.22. The first-order valence-electron chi connectivity index (χ1n) is 9.97. The van der Waals surface area contributed by atoms with Gasteiger partial charge in [-0.2, -0.15) is 5.10 Å². The summed E-state index contributed by atoms with van der Waals surface area (Å²) in [6.45, 7) is 4.11. The zero-order valence-electron chi connectivity index (χ0n) is 17.3. The minimum atomic E-state index is -0.394. The normalized spacial score (nSPS) is 11.5. The first kappa shape index (κ1) is 20.7. The summed E-state index contributed by atoms with van der Waals surface area (Å²) in [7, 11) is 0. The molecule has 1 N–H and O–H groups in total. The van der Waals surface area contributed by atoms with Crippen molar-refractivity contribution in [3.8, 4) is 11.1 Å². The van der Waals surface area contributed by atoms with E-state index in [2.05, 4.69) is 29.4 Å². The van der Waals surface area contributed by atoms with Crippen molar-refractivity contribution in [3.63, 3.8) is 0 Å². The van der Waals surface area contributed by atoms with Gasteiger partial charge in [0.1, 0.15) is 11.4 Å². The maximum atomic E-state index is 13.0. The zero-order valence-corrected chi connectivity index (χ0v) is 18.1. The molecule has 0 aliphatic rings. The highest BCUT2D eigenvalue weighted by molar-refractivity contribution is 7.17. The van der Waals surface area contributed by atoms with Crippen LogP contribution in [0.15, 0.2) is 76.2 Å². The molecule has 2 aromatic carbocycles. The molecule has 0 saturated heterocycles. The number of amides is 1. The molecule has 1 amide bonds. The maximum Gasteiger partial charge on any atom is 0.263 e. The highest BCUT2D eigenvalue weighted by Crippen LogP contribution is 2.30. The van der Waals surface area contributed by atoms with E-state index in [1.165, 1.54) is 27.8 Å². The van der Waals surface area contributed by atoms with Crippen molar-refractivity contribution in [2.45, 2.75) is 26.3 Å². The smallest absolute Gasteiger partial charge is 0.263 e. The van der Waals surface area contributed by atoms with Crippen LogP contribution in [0.5, 0.6) is 0 Å². The minimum Gasteiger partial charge on any atom is -0.289 e. The van der Waals surface area contributed by atoms with E-state index in [4.69, 9.17) is 0 Å². The van der Waals surface area contributed by atoms with Gasteiger partial charge in [-0.3, -0.25) is 14.2 Å². The molecule has 7 heteroatoms. The average molecular weight is 431 g/mol. The molecule has 0 aliphatic carbocycles. The topological polar surface area (TPSA) is 76.3 Å². The number of carbonyl (C=O) groups is 1. The molecule has 0 saturated carbocycles. The summed E-state index contributed by atoms with van der Waals surface area (Å²) in [5.74, 6) is 0.0652. The van der Waals surface area contributed by atoms with Gasteiger partial charge in [0.2, 0.25) is 0 Å². The number of hydrogen-bond acceptors (Lipinski definition) is 5. The fourth-order valence-corrected chi connectivity index (χ4v) is 4.15. The van der Waals surface area contributed by atoms with E-state index in [0.29, 0.717) is 16.1 Å². The van der Waals surface area contributed by atoms with Crippen molar-refractivity contribution in [2.24, 2.45) is 5.10 Å². The summed E-state index contributed by atoms with van der Waals surface area (Å²) >= 11 is 1.42. The Balaban J connectivity index is 1.49. The third-order valence-electron chi connectivity index (χ3n) is 4.97. The Bertz CT molecular complexity index is 1290. The van der Waals surface area contributed by atoms with Crippen molar-refractivity contribution in [3.05, 3.63) is 87.8 Å². The summed E-state index contributed by atoms with van der Waals surface area (Å²) in [5, 5.41) is 6.45. The molecule has 0 fully saturated rings. The SMILES string of the molecule is CC(C)c1ccc(/C=N\NC(=O)Cn2cnc3scc(-c4ccccc4)c3c2=O)cc1. The van der Waals surface area contributed by atoms with Crippen LogP contribution in [0.25, 0.3) is 21.3 Å². The van der Waals surface area contributed by atoms with Gasteiger partial charge in [-0.25, -0.2) is 10.4 Å². The van der Waals surface area contributed by atoms with E-state index in [0.717, 1.165) is 16.7 Å². The Labute approximate surface area is 183 Å². The van der Waals surface area contributed by atoms with Gasteiger partial charge < -0.3 is 0 Å². The lowest BCUT2D eigenvalue weighted by Crippen LogP contribution is -2.30. The van der Waals surface area contributed by atoms with Gasteiger partial charge in [-0.05, 0) is 22.6 Å². The molecule has 4 aromatic rings. The third-order valence-corrected chi connectivity index (χ3v) is 5.85. The van der Waals surface area contributed by atoms with Gasteiger partial charge in [0, 0.05) is 10.9 Å². The fourth-order valence-electron chi connectivity index (χ4n) is 3.25. The Kier molecular flexibility index (Phi) is 6.04. The van der Waals surface area contributed by atoms with E-state index in [-0.39, 0.29) is 12.1 Å². The predicted molar refractivity (Wildman–Crippen MR) is 126 cm³/mol. The van der Waals surface area contributed by atoms with E-state index in [1.807, 2.05) is 60.0 Å². The summed E-state index contributed by atoms with van der Waals surface area (Å²) in [6.07, 6.45) is 2.99. The van der Waals surface area contributed by atoms with Gasteiger partial charge in [-0.1, -0.05) is 68.4 Å². The summed E-state index contributed by atoms with van der Waals surface area (Å²) in [6, 6.07) is 17.7. The van der Waals surface area contributed by atoms with Gasteiger partial charge in [-0.15, -0.1) is 11.3 Å². The monoisotopic (exact) mass is 430 g/mol. The van der Waals surface area contributed by atoms with Crippen molar-refractivity contribution in [2.75, 3.05) is 0 Å². The number of benzene rings is 2. The van der Waals surface area contributed by atoms with Gasteiger partial charge in [0.25, 0.3) is 11.5 Å². The Morgan fingerprint density at radius 3 is 2.61 bits per heavy atom. The number of thiophene rings is 1. The van der Waals surface area contributed by atoms with E-state index < -0.39 is 5.91 Å². The number of fused-ring (bicyclic) bond motifs is 1. The van der Waals surface area contributed by atoms with Crippen molar-refractivity contribution < 1.29 is 4.79 Å². The van der Waals surface area contributed by atoms with E-state index in [9.17, 15) is 9.59 Å². The Morgan fingerprint density at radius 2 is 1.90 bits per heavy atom. The molecular weight excluding hydrogens is 408 g/mol. The number of nitrogens with zero attached hydrogens (tertiary/aromatic N) is 3. The van der Waals surface area contributed by atoms with Crippen LogP contribution in [0, 0.1) is 0 Å². The second kappa shape index (κ2) is 9.06. The van der Waals surface area contributed by atoms with E-state index >= 15 is 0 Å². The second-order valence-electron chi connectivity index (χ2n) is 7.49. The van der Waals surface area contributed by atoms with E-state index in [1.54, 1.807) is 6.21 Å². The standard InChI is InChI=1S/C24H22N4O2S/c1-16(2)18-10-8-17(9-11-18)12-26-27-21(29)13-28-15-25-23-22(24(28)30)20(14-31-23)19-6-4-3-5-7-19/h3-12,14-16H,13H2,1-2H3,(H,27,29)/b26-12-. The van der Waals surface area contributed by atoms with Crippen LogP contribution in [-0.4, -0.2) is 21.7 Å². The first-order chi connectivity index (χ1) is 15.0.